The van der Waals surface area contributed by atoms with Gasteiger partial charge in [0.05, 0.1) is 5.92 Å². The van der Waals surface area contributed by atoms with Crippen LogP contribution in [0.1, 0.15) is 30.9 Å². The van der Waals surface area contributed by atoms with E-state index in [0.29, 0.717) is 5.69 Å². The van der Waals surface area contributed by atoms with Crippen LogP contribution in [0.5, 0.6) is 0 Å². The van der Waals surface area contributed by atoms with Crippen molar-refractivity contribution < 1.29 is 9.18 Å². The Morgan fingerprint density at radius 2 is 1.82 bits per heavy atom. The van der Waals surface area contributed by atoms with Gasteiger partial charge in [-0.3, -0.25) is 4.79 Å². The van der Waals surface area contributed by atoms with E-state index in [1.54, 1.807) is 6.07 Å². The molecule has 0 spiro atoms. The number of hydrogen-bond donors (Lipinski definition) is 1. The van der Waals surface area contributed by atoms with Crippen molar-refractivity contribution in [3.63, 3.8) is 0 Å². The summed E-state index contributed by atoms with van der Waals surface area (Å²) in [6.07, 6.45) is 0. The predicted molar refractivity (Wildman–Crippen MR) is 86.2 cm³/mol. The Balaban J connectivity index is 1.80. The van der Waals surface area contributed by atoms with Gasteiger partial charge in [-0.15, -0.1) is 0 Å². The van der Waals surface area contributed by atoms with Gasteiger partial charge in [0.2, 0.25) is 5.91 Å². The van der Waals surface area contributed by atoms with Gasteiger partial charge in [0.1, 0.15) is 5.82 Å². The van der Waals surface area contributed by atoms with Gasteiger partial charge >= 0.3 is 0 Å². The van der Waals surface area contributed by atoms with E-state index in [0.717, 1.165) is 5.56 Å². The van der Waals surface area contributed by atoms with Gasteiger partial charge in [-0.1, -0.05) is 50.2 Å². The zero-order chi connectivity index (χ0) is 15.9. The van der Waals surface area contributed by atoms with Crippen LogP contribution in [-0.4, -0.2) is 5.91 Å². The molecule has 22 heavy (non-hydrogen) atoms. The number of halogens is 1. The number of carbonyl (C=O) groups is 1. The molecule has 2 aromatic carbocycles. The third kappa shape index (κ3) is 2.52. The van der Waals surface area contributed by atoms with Gasteiger partial charge in [0.15, 0.2) is 0 Å². The van der Waals surface area contributed by atoms with Crippen molar-refractivity contribution in [2.45, 2.75) is 26.7 Å². The molecule has 1 N–H and O–H groups in total. The first-order valence-electron chi connectivity index (χ1n) is 7.53. The zero-order valence-corrected chi connectivity index (χ0v) is 13.1. The smallest absolute Gasteiger partial charge is 0.228 e. The molecule has 0 saturated heterocycles. The van der Waals surface area contributed by atoms with Gasteiger partial charge in [-0.2, -0.15) is 0 Å². The summed E-state index contributed by atoms with van der Waals surface area (Å²) in [5, 5.41) is 2.89. The molecule has 1 amide bonds. The second kappa shape index (κ2) is 5.24. The molecule has 2 unspecified atom stereocenters. The summed E-state index contributed by atoms with van der Waals surface area (Å²) in [6.45, 7) is 6.07. The number of aryl methyl sites for hydroxylation is 1. The van der Waals surface area contributed by atoms with Gasteiger partial charge < -0.3 is 5.32 Å². The van der Waals surface area contributed by atoms with Crippen LogP contribution in [0, 0.1) is 24.1 Å². The van der Waals surface area contributed by atoms with E-state index < -0.39 is 0 Å². The average Bonchev–Trinajstić information content (AvgIpc) is 3.06. The molecular weight excluding hydrogens is 277 g/mol. The summed E-state index contributed by atoms with van der Waals surface area (Å²) in [5.74, 6) is -0.247. The first kappa shape index (κ1) is 14.8. The highest BCUT2D eigenvalue weighted by Crippen LogP contribution is 2.64. The molecule has 0 aromatic heterocycles. The first-order valence-corrected chi connectivity index (χ1v) is 7.53. The molecule has 114 valence electrons. The van der Waals surface area contributed by atoms with E-state index in [1.165, 1.54) is 17.7 Å². The fourth-order valence-corrected chi connectivity index (χ4v) is 3.35. The van der Waals surface area contributed by atoms with Gasteiger partial charge in [-0.05, 0) is 35.6 Å². The monoisotopic (exact) mass is 297 g/mol. The lowest BCUT2D eigenvalue weighted by molar-refractivity contribution is -0.118. The molecule has 3 rings (SSSR count). The number of benzene rings is 2. The summed E-state index contributed by atoms with van der Waals surface area (Å²) in [6, 6.07) is 14.5. The molecule has 0 radical (unpaired) electrons. The van der Waals surface area contributed by atoms with Crippen molar-refractivity contribution in [1.29, 1.82) is 0 Å². The van der Waals surface area contributed by atoms with E-state index in [-0.39, 0.29) is 29.0 Å². The molecule has 0 aliphatic heterocycles. The van der Waals surface area contributed by atoms with Crippen molar-refractivity contribution in [2.24, 2.45) is 11.3 Å². The largest absolute Gasteiger partial charge is 0.325 e. The maximum atomic E-state index is 13.4. The second-order valence-electron chi connectivity index (χ2n) is 6.64. The Labute approximate surface area is 130 Å². The standard InChI is InChI=1S/C19H20FNO/c1-12-9-10-14(20)11-15(12)21-18(22)17-16(19(17,2)3)13-7-5-4-6-8-13/h4-11,16-17H,1-3H3,(H,21,22). The maximum absolute atomic E-state index is 13.4. The van der Waals surface area contributed by atoms with Crippen LogP contribution in [0.3, 0.4) is 0 Å². The number of anilines is 1. The Kier molecular flexibility index (Phi) is 3.51. The minimum Gasteiger partial charge on any atom is -0.325 e. The van der Waals surface area contributed by atoms with Crippen molar-refractivity contribution in [1.82, 2.24) is 0 Å². The Morgan fingerprint density at radius 1 is 1.14 bits per heavy atom. The molecule has 1 saturated carbocycles. The van der Waals surface area contributed by atoms with Crippen LogP contribution in [0.15, 0.2) is 48.5 Å². The normalized spacial score (nSPS) is 22.2. The lowest BCUT2D eigenvalue weighted by atomic mass is 10.0. The first-order chi connectivity index (χ1) is 10.4. The highest BCUT2D eigenvalue weighted by atomic mass is 19.1. The van der Waals surface area contributed by atoms with Gasteiger partial charge in [0.25, 0.3) is 0 Å². The highest BCUT2D eigenvalue weighted by molar-refractivity contribution is 5.97. The van der Waals surface area contributed by atoms with Crippen LogP contribution < -0.4 is 5.32 Å². The van der Waals surface area contributed by atoms with Crippen LogP contribution in [0.2, 0.25) is 0 Å². The zero-order valence-electron chi connectivity index (χ0n) is 13.1. The van der Waals surface area contributed by atoms with Crippen LogP contribution in [0.4, 0.5) is 10.1 Å². The molecule has 3 heteroatoms. The fourth-order valence-electron chi connectivity index (χ4n) is 3.35. The topological polar surface area (TPSA) is 29.1 Å². The SMILES string of the molecule is Cc1ccc(F)cc1NC(=O)C1C(c2ccccc2)C1(C)C. The summed E-state index contributed by atoms with van der Waals surface area (Å²) in [5.41, 5.74) is 2.53. The maximum Gasteiger partial charge on any atom is 0.228 e. The minimum atomic E-state index is -0.337. The fraction of sp³-hybridized carbons (Fsp3) is 0.316. The molecule has 1 aliphatic carbocycles. The highest BCUT2D eigenvalue weighted by Gasteiger charge is 2.62. The Bertz CT molecular complexity index is 709. The number of rotatable bonds is 3. The van der Waals surface area contributed by atoms with E-state index in [2.05, 4.69) is 31.3 Å². The molecule has 0 bridgehead atoms. The lowest BCUT2D eigenvalue weighted by Crippen LogP contribution is -2.17. The Morgan fingerprint density at radius 3 is 2.50 bits per heavy atom. The van der Waals surface area contributed by atoms with E-state index in [9.17, 15) is 9.18 Å². The lowest BCUT2D eigenvalue weighted by Gasteiger charge is -2.09. The second-order valence-corrected chi connectivity index (χ2v) is 6.64. The van der Waals surface area contributed by atoms with Crippen LogP contribution in [-0.2, 0) is 4.79 Å². The molecule has 2 aromatic rings. The Hall–Kier alpha value is -2.16. The van der Waals surface area contributed by atoms with E-state index in [4.69, 9.17) is 0 Å². The summed E-state index contributed by atoms with van der Waals surface area (Å²) < 4.78 is 13.4. The van der Waals surface area contributed by atoms with Crippen LogP contribution in [0.25, 0.3) is 0 Å². The molecule has 1 fully saturated rings. The van der Waals surface area contributed by atoms with Crippen LogP contribution >= 0.6 is 0 Å². The molecule has 2 nitrogen and oxygen atoms in total. The summed E-state index contributed by atoms with van der Waals surface area (Å²) in [4.78, 5) is 12.6. The number of nitrogens with one attached hydrogen (secondary N) is 1. The van der Waals surface area contributed by atoms with E-state index >= 15 is 0 Å². The minimum absolute atomic E-state index is 0.0347. The quantitative estimate of drug-likeness (QED) is 0.887. The predicted octanol–water partition coefficient (Wildman–Crippen LogP) is 4.51. The molecule has 1 aliphatic rings. The van der Waals surface area contributed by atoms with Crippen molar-refractivity contribution in [3.8, 4) is 0 Å². The van der Waals surface area contributed by atoms with Crippen molar-refractivity contribution in [2.75, 3.05) is 5.32 Å². The number of carbonyl (C=O) groups excluding carboxylic acids is 1. The van der Waals surface area contributed by atoms with Crippen molar-refractivity contribution >= 4 is 11.6 Å². The molecular formula is C19H20FNO. The number of amides is 1. The molecule has 0 heterocycles. The molecule has 2 atom stereocenters. The third-order valence-corrected chi connectivity index (χ3v) is 4.73. The van der Waals surface area contributed by atoms with Gasteiger partial charge in [-0.25, -0.2) is 4.39 Å². The number of hydrogen-bond acceptors (Lipinski definition) is 1. The third-order valence-electron chi connectivity index (χ3n) is 4.73. The average molecular weight is 297 g/mol. The van der Waals surface area contributed by atoms with E-state index in [1.807, 2.05) is 25.1 Å². The summed E-state index contributed by atoms with van der Waals surface area (Å²) in [7, 11) is 0. The van der Waals surface area contributed by atoms with Gasteiger partial charge in [0, 0.05) is 11.6 Å². The van der Waals surface area contributed by atoms with Crippen molar-refractivity contribution in [3.05, 3.63) is 65.5 Å². The summed E-state index contributed by atoms with van der Waals surface area (Å²) >= 11 is 0.